The van der Waals surface area contributed by atoms with Gasteiger partial charge in [-0.05, 0) is 37.7 Å². The van der Waals surface area contributed by atoms with Crippen LogP contribution in [0.4, 0.5) is 0 Å². The van der Waals surface area contributed by atoms with Crippen LogP contribution in [0.5, 0.6) is 0 Å². The zero-order valence-electron chi connectivity index (χ0n) is 14.2. The van der Waals surface area contributed by atoms with Gasteiger partial charge in [-0.25, -0.2) is 0 Å². The fraction of sp³-hybridized carbons (Fsp3) is 0.474. The maximum atomic E-state index is 12.8. The summed E-state index contributed by atoms with van der Waals surface area (Å²) in [5.74, 6) is 0.150. The summed E-state index contributed by atoms with van der Waals surface area (Å²) < 4.78 is 0. The lowest BCUT2D eigenvalue weighted by Gasteiger charge is -2.36. The number of rotatable bonds is 2. The van der Waals surface area contributed by atoms with E-state index >= 15 is 0 Å². The molecule has 5 heteroatoms. The third-order valence-electron chi connectivity index (χ3n) is 5.35. The van der Waals surface area contributed by atoms with Gasteiger partial charge in [0.2, 0.25) is 0 Å². The number of likely N-dealkylation sites (N-methyl/N-ethyl adjacent to an activating group) is 1. The summed E-state index contributed by atoms with van der Waals surface area (Å²) in [4.78, 5) is 24.1. The van der Waals surface area contributed by atoms with Gasteiger partial charge < -0.3 is 9.80 Å². The van der Waals surface area contributed by atoms with Gasteiger partial charge in [0.25, 0.3) is 5.91 Å². The summed E-state index contributed by atoms with van der Waals surface area (Å²) in [6, 6.07) is 10.3. The molecule has 0 radical (unpaired) electrons. The van der Waals surface area contributed by atoms with Crippen LogP contribution in [-0.4, -0.2) is 77.9 Å². The first-order valence-electron chi connectivity index (χ1n) is 8.77. The van der Waals surface area contributed by atoms with Crippen LogP contribution in [0.15, 0.2) is 36.5 Å². The topological polar surface area (TPSA) is 39.7 Å². The smallest absolute Gasteiger partial charge is 0.253 e. The molecule has 0 N–H and O–H groups in total. The van der Waals surface area contributed by atoms with Crippen LogP contribution < -0.4 is 0 Å². The minimum Gasteiger partial charge on any atom is -0.337 e. The van der Waals surface area contributed by atoms with Crippen molar-refractivity contribution in [3.05, 3.63) is 42.1 Å². The van der Waals surface area contributed by atoms with E-state index in [-0.39, 0.29) is 5.91 Å². The van der Waals surface area contributed by atoms with E-state index in [1.54, 1.807) is 6.20 Å². The van der Waals surface area contributed by atoms with Crippen molar-refractivity contribution < 1.29 is 4.79 Å². The second kappa shape index (κ2) is 6.49. The zero-order valence-corrected chi connectivity index (χ0v) is 14.2. The minimum absolute atomic E-state index is 0.150. The number of likely N-dealkylation sites (tertiary alicyclic amines) is 1. The molecule has 1 amide bonds. The highest BCUT2D eigenvalue weighted by Gasteiger charge is 2.32. The Kier molecular flexibility index (Phi) is 4.21. The Labute approximate surface area is 142 Å². The lowest BCUT2D eigenvalue weighted by atomic mass is 10.1. The van der Waals surface area contributed by atoms with Crippen LogP contribution in [0.2, 0.25) is 0 Å². The first-order chi connectivity index (χ1) is 11.7. The second-order valence-electron chi connectivity index (χ2n) is 6.94. The molecule has 2 fully saturated rings. The Morgan fingerprint density at radius 3 is 2.79 bits per heavy atom. The highest BCUT2D eigenvalue weighted by atomic mass is 16.2. The van der Waals surface area contributed by atoms with Crippen LogP contribution >= 0.6 is 0 Å². The highest BCUT2D eigenvalue weighted by Crippen LogP contribution is 2.21. The molecule has 24 heavy (non-hydrogen) atoms. The van der Waals surface area contributed by atoms with Crippen molar-refractivity contribution >= 4 is 16.8 Å². The number of benzene rings is 1. The first kappa shape index (κ1) is 15.5. The predicted molar refractivity (Wildman–Crippen MR) is 95.1 cm³/mol. The number of aromatic nitrogens is 1. The number of hydrogen-bond acceptors (Lipinski definition) is 4. The summed E-state index contributed by atoms with van der Waals surface area (Å²) in [5.41, 5.74) is 1.71. The largest absolute Gasteiger partial charge is 0.337 e. The van der Waals surface area contributed by atoms with Gasteiger partial charge in [-0.15, -0.1) is 0 Å². The maximum Gasteiger partial charge on any atom is 0.253 e. The average Bonchev–Trinajstić information content (AvgIpc) is 3.11. The molecule has 3 heterocycles. The first-order valence-corrected chi connectivity index (χ1v) is 8.77. The Morgan fingerprint density at radius 2 is 1.96 bits per heavy atom. The summed E-state index contributed by atoms with van der Waals surface area (Å²) in [6.07, 6.45) is 2.87. The standard InChI is InChI=1S/C19H24N4O/c1-21-9-11-22(12-10-21)17-6-8-23(14-17)19(24)16-4-5-18-15(13-16)3-2-7-20-18/h2-5,7,13,17H,6,8-12,14H2,1H3. The van der Waals surface area contributed by atoms with Crippen molar-refractivity contribution in [1.82, 2.24) is 19.7 Å². The molecule has 4 rings (SSSR count). The second-order valence-corrected chi connectivity index (χ2v) is 6.94. The number of amides is 1. The van der Waals surface area contributed by atoms with Gasteiger partial charge in [0.05, 0.1) is 5.52 Å². The molecule has 0 aliphatic carbocycles. The molecule has 0 saturated carbocycles. The molecule has 2 aliphatic heterocycles. The van der Waals surface area contributed by atoms with Gasteiger partial charge in [0.1, 0.15) is 0 Å². The molecule has 5 nitrogen and oxygen atoms in total. The number of piperazine rings is 1. The Hall–Kier alpha value is -1.98. The van der Waals surface area contributed by atoms with Crippen molar-refractivity contribution in [3.63, 3.8) is 0 Å². The Morgan fingerprint density at radius 1 is 1.12 bits per heavy atom. The number of nitrogens with zero attached hydrogens (tertiary/aromatic N) is 4. The van der Waals surface area contributed by atoms with Gasteiger partial charge >= 0.3 is 0 Å². The molecular formula is C19H24N4O. The summed E-state index contributed by atoms with van der Waals surface area (Å²) in [6.45, 7) is 6.20. The average molecular weight is 324 g/mol. The summed E-state index contributed by atoms with van der Waals surface area (Å²) in [5, 5.41) is 1.03. The number of hydrogen-bond donors (Lipinski definition) is 0. The van der Waals surface area contributed by atoms with Crippen LogP contribution in [-0.2, 0) is 0 Å². The van der Waals surface area contributed by atoms with E-state index in [0.29, 0.717) is 6.04 Å². The fourth-order valence-corrected chi connectivity index (χ4v) is 3.80. The molecule has 2 aromatic rings. The number of carbonyl (C=O) groups excluding carboxylic acids is 1. The zero-order chi connectivity index (χ0) is 16.5. The summed E-state index contributed by atoms with van der Waals surface area (Å²) >= 11 is 0. The Bertz CT molecular complexity index is 739. The summed E-state index contributed by atoms with van der Waals surface area (Å²) in [7, 11) is 2.18. The van der Waals surface area contributed by atoms with Gasteiger partial charge in [-0.3, -0.25) is 14.7 Å². The van der Waals surface area contributed by atoms with Gasteiger partial charge in [-0.2, -0.15) is 0 Å². The number of carbonyl (C=O) groups is 1. The van der Waals surface area contributed by atoms with Crippen molar-refractivity contribution in [3.8, 4) is 0 Å². The van der Waals surface area contributed by atoms with E-state index in [9.17, 15) is 4.79 Å². The van der Waals surface area contributed by atoms with Crippen molar-refractivity contribution in [2.45, 2.75) is 12.5 Å². The molecule has 1 aromatic heterocycles. The van der Waals surface area contributed by atoms with Crippen molar-refractivity contribution in [2.75, 3.05) is 46.3 Å². The molecular weight excluding hydrogens is 300 g/mol. The van der Waals surface area contributed by atoms with Gasteiger partial charge in [0, 0.05) is 62.5 Å². The molecule has 2 saturated heterocycles. The monoisotopic (exact) mass is 324 g/mol. The molecule has 1 atom stereocenters. The van der Waals surface area contributed by atoms with Crippen LogP contribution in [0, 0.1) is 0 Å². The predicted octanol–water partition coefficient (Wildman–Crippen LogP) is 1.70. The van der Waals surface area contributed by atoms with Gasteiger partial charge in [-0.1, -0.05) is 6.07 Å². The van der Waals surface area contributed by atoms with Gasteiger partial charge in [0.15, 0.2) is 0 Å². The van der Waals surface area contributed by atoms with Crippen molar-refractivity contribution in [1.29, 1.82) is 0 Å². The van der Waals surface area contributed by atoms with E-state index in [4.69, 9.17) is 0 Å². The van der Waals surface area contributed by atoms with E-state index in [1.807, 2.05) is 35.2 Å². The minimum atomic E-state index is 0.150. The Balaban J connectivity index is 1.44. The maximum absolute atomic E-state index is 12.8. The third-order valence-corrected chi connectivity index (χ3v) is 5.35. The van der Waals surface area contributed by atoms with E-state index < -0.39 is 0 Å². The number of fused-ring (bicyclic) bond motifs is 1. The fourth-order valence-electron chi connectivity index (χ4n) is 3.80. The lowest BCUT2D eigenvalue weighted by molar-refractivity contribution is 0.0755. The van der Waals surface area contributed by atoms with Crippen molar-refractivity contribution in [2.24, 2.45) is 0 Å². The normalized spacial score (nSPS) is 23.0. The highest BCUT2D eigenvalue weighted by molar-refractivity contribution is 5.98. The van der Waals surface area contributed by atoms with Crippen LogP contribution in [0.3, 0.4) is 0 Å². The van der Waals surface area contributed by atoms with E-state index in [1.165, 1.54) is 0 Å². The quantitative estimate of drug-likeness (QED) is 0.843. The SMILES string of the molecule is CN1CCN(C2CCN(C(=O)c3ccc4ncccc4c3)C2)CC1. The lowest BCUT2D eigenvalue weighted by Crippen LogP contribution is -2.50. The van der Waals surface area contributed by atoms with Crippen LogP contribution in [0.25, 0.3) is 10.9 Å². The molecule has 0 bridgehead atoms. The molecule has 1 unspecified atom stereocenters. The molecule has 126 valence electrons. The van der Waals surface area contributed by atoms with E-state index in [2.05, 4.69) is 21.8 Å². The molecule has 0 spiro atoms. The number of pyridine rings is 1. The molecule has 2 aliphatic rings. The molecule has 1 aromatic carbocycles. The third kappa shape index (κ3) is 3.01. The van der Waals surface area contributed by atoms with E-state index in [0.717, 1.165) is 62.2 Å². The van der Waals surface area contributed by atoms with Crippen LogP contribution in [0.1, 0.15) is 16.8 Å².